The van der Waals surface area contributed by atoms with Crippen LogP contribution in [0, 0.1) is 11.7 Å². The summed E-state index contributed by atoms with van der Waals surface area (Å²) >= 11 is 0. The minimum absolute atomic E-state index is 0.193. The van der Waals surface area contributed by atoms with Crippen LogP contribution in [0.15, 0.2) is 43.0 Å². The van der Waals surface area contributed by atoms with Gasteiger partial charge in [0, 0.05) is 25.1 Å². The van der Waals surface area contributed by atoms with Crippen molar-refractivity contribution in [1.82, 2.24) is 25.0 Å². The van der Waals surface area contributed by atoms with Crippen LogP contribution in [0.4, 0.5) is 4.39 Å². The molecule has 1 aliphatic carbocycles. The van der Waals surface area contributed by atoms with Gasteiger partial charge in [-0.2, -0.15) is 0 Å². The number of amides is 1. The van der Waals surface area contributed by atoms with Crippen molar-refractivity contribution in [2.45, 2.75) is 32.4 Å². The van der Waals surface area contributed by atoms with E-state index in [1.54, 1.807) is 0 Å². The van der Waals surface area contributed by atoms with Gasteiger partial charge in [0.25, 0.3) is 5.91 Å². The predicted molar refractivity (Wildman–Crippen MR) is 99.6 cm³/mol. The van der Waals surface area contributed by atoms with Gasteiger partial charge < -0.3 is 15.0 Å². The van der Waals surface area contributed by atoms with E-state index in [0.717, 1.165) is 42.6 Å². The van der Waals surface area contributed by atoms with Crippen LogP contribution in [0.25, 0.3) is 5.65 Å². The van der Waals surface area contributed by atoms with Crippen molar-refractivity contribution in [2.75, 3.05) is 6.54 Å². The molecule has 1 amide bonds. The summed E-state index contributed by atoms with van der Waals surface area (Å²) in [5, 5.41) is 6.25. The molecule has 0 aliphatic heterocycles. The molecule has 1 aliphatic rings. The van der Waals surface area contributed by atoms with Crippen LogP contribution in [0.5, 0.6) is 0 Å². The maximum absolute atomic E-state index is 13.2. The van der Waals surface area contributed by atoms with Crippen LogP contribution in [-0.2, 0) is 13.1 Å². The van der Waals surface area contributed by atoms with Crippen LogP contribution in [0.2, 0.25) is 0 Å². The summed E-state index contributed by atoms with van der Waals surface area (Å²) in [5.74, 6) is -0.0701. The number of aromatic nitrogens is 3. The van der Waals surface area contributed by atoms with Gasteiger partial charge in [-0.05, 0) is 43.0 Å². The molecular weight excluding hydrogens is 345 g/mol. The maximum atomic E-state index is 13.2. The number of imidazole rings is 1. The average molecular weight is 367 g/mol. The van der Waals surface area contributed by atoms with Gasteiger partial charge >= 0.3 is 0 Å². The lowest BCUT2D eigenvalue weighted by Gasteiger charge is -2.25. The minimum Gasteiger partial charge on any atom is -0.346 e. The SMILES string of the molecule is O=C(NCc1cn2cc(CNCC3CCC3)ccc2n1)c1cncc(F)c1. The molecule has 1 saturated carbocycles. The van der Waals surface area contributed by atoms with Crippen molar-refractivity contribution in [3.63, 3.8) is 0 Å². The molecular formula is C20H22FN5O. The molecule has 0 aromatic carbocycles. The number of fused-ring (bicyclic) bond motifs is 1. The number of carbonyl (C=O) groups excluding carboxylic acids is 1. The third-order valence-corrected chi connectivity index (χ3v) is 4.95. The molecule has 1 fully saturated rings. The molecule has 0 atom stereocenters. The van der Waals surface area contributed by atoms with Gasteiger partial charge in [0.1, 0.15) is 11.5 Å². The van der Waals surface area contributed by atoms with Crippen molar-refractivity contribution in [3.05, 3.63) is 65.6 Å². The Morgan fingerprint density at radius 1 is 1.22 bits per heavy atom. The summed E-state index contributed by atoms with van der Waals surface area (Å²) in [4.78, 5) is 20.3. The number of halogens is 1. The van der Waals surface area contributed by atoms with Crippen LogP contribution >= 0.6 is 0 Å². The van der Waals surface area contributed by atoms with Crippen LogP contribution in [0.1, 0.15) is 40.9 Å². The van der Waals surface area contributed by atoms with E-state index in [1.807, 2.05) is 16.7 Å². The molecule has 3 aromatic rings. The van der Waals surface area contributed by atoms with Gasteiger partial charge in [-0.1, -0.05) is 12.5 Å². The summed E-state index contributed by atoms with van der Waals surface area (Å²) in [5.41, 5.74) is 2.96. The number of rotatable bonds is 7. The van der Waals surface area contributed by atoms with E-state index in [0.29, 0.717) is 0 Å². The molecule has 0 spiro atoms. The topological polar surface area (TPSA) is 71.3 Å². The molecule has 0 bridgehead atoms. The highest BCUT2D eigenvalue weighted by molar-refractivity contribution is 5.93. The molecule has 7 heteroatoms. The first-order valence-electron chi connectivity index (χ1n) is 9.23. The first-order chi connectivity index (χ1) is 13.2. The minimum atomic E-state index is -0.533. The average Bonchev–Trinajstić information content (AvgIpc) is 3.04. The molecule has 6 nitrogen and oxygen atoms in total. The van der Waals surface area contributed by atoms with Crippen molar-refractivity contribution in [3.8, 4) is 0 Å². The molecule has 27 heavy (non-hydrogen) atoms. The summed E-state index contributed by atoms with van der Waals surface area (Å²) in [6, 6.07) is 5.20. The van der Waals surface area contributed by atoms with Crippen LogP contribution in [-0.4, -0.2) is 26.8 Å². The van der Waals surface area contributed by atoms with E-state index in [1.165, 1.54) is 31.0 Å². The van der Waals surface area contributed by atoms with Crippen molar-refractivity contribution >= 4 is 11.6 Å². The second-order valence-corrected chi connectivity index (χ2v) is 7.04. The molecule has 0 saturated heterocycles. The fraction of sp³-hybridized carbons (Fsp3) is 0.350. The molecule has 4 rings (SSSR count). The molecule has 2 N–H and O–H groups in total. The Kier molecular flexibility index (Phi) is 5.11. The first kappa shape index (κ1) is 17.6. The van der Waals surface area contributed by atoms with Gasteiger partial charge in [0.2, 0.25) is 0 Å². The number of nitrogens with zero attached hydrogens (tertiary/aromatic N) is 3. The standard InChI is InChI=1S/C20H22FN5O/c21-17-6-16(9-23-10-17)20(27)24-11-18-13-26-12-15(4-5-19(26)25-18)8-22-7-14-2-1-3-14/h4-6,9-10,12-14,22H,1-3,7-8,11H2,(H,24,27). The lowest BCUT2D eigenvalue weighted by atomic mass is 9.85. The molecule has 3 heterocycles. The Morgan fingerprint density at radius 3 is 2.89 bits per heavy atom. The zero-order chi connectivity index (χ0) is 18.6. The highest BCUT2D eigenvalue weighted by atomic mass is 19.1. The first-order valence-corrected chi connectivity index (χ1v) is 9.23. The zero-order valence-electron chi connectivity index (χ0n) is 15.0. The summed E-state index contributed by atoms with van der Waals surface area (Å²) < 4.78 is 15.1. The summed E-state index contributed by atoms with van der Waals surface area (Å²) in [7, 11) is 0. The Bertz CT molecular complexity index is 950. The maximum Gasteiger partial charge on any atom is 0.253 e. The van der Waals surface area contributed by atoms with Gasteiger partial charge in [0.15, 0.2) is 0 Å². The van der Waals surface area contributed by atoms with Crippen molar-refractivity contribution < 1.29 is 9.18 Å². The van der Waals surface area contributed by atoms with Crippen LogP contribution < -0.4 is 10.6 Å². The largest absolute Gasteiger partial charge is 0.346 e. The highest BCUT2D eigenvalue weighted by Crippen LogP contribution is 2.25. The quantitative estimate of drug-likeness (QED) is 0.674. The van der Waals surface area contributed by atoms with E-state index in [9.17, 15) is 9.18 Å². The van der Waals surface area contributed by atoms with E-state index >= 15 is 0 Å². The van der Waals surface area contributed by atoms with E-state index < -0.39 is 5.82 Å². The van der Waals surface area contributed by atoms with Crippen molar-refractivity contribution in [2.24, 2.45) is 5.92 Å². The normalized spacial score (nSPS) is 14.3. The van der Waals surface area contributed by atoms with Crippen molar-refractivity contribution in [1.29, 1.82) is 0 Å². The smallest absolute Gasteiger partial charge is 0.253 e. The van der Waals surface area contributed by atoms with E-state index in [-0.39, 0.29) is 18.0 Å². The predicted octanol–water partition coefficient (Wildman–Crippen LogP) is 2.69. The zero-order valence-corrected chi connectivity index (χ0v) is 15.0. The number of pyridine rings is 2. The van der Waals surface area contributed by atoms with E-state index in [2.05, 4.69) is 32.9 Å². The number of hydrogen-bond donors (Lipinski definition) is 2. The summed E-state index contributed by atoms with van der Waals surface area (Å²) in [6.07, 6.45) is 10.4. The van der Waals surface area contributed by atoms with Gasteiger partial charge in [-0.3, -0.25) is 9.78 Å². The number of carbonyl (C=O) groups is 1. The monoisotopic (exact) mass is 367 g/mol. The van der Waals surface area contributed by atoms with Gasteiger partial charge in [-0.25, -0.2) is 9.37 Å². The second kappa shape index (κ2) is 7.84. The Hall–Kier alpha value is -2.80. The molecule has 0 unspecified atom stereocenters. The Labute approximate surface area is 156 Å². The third kappa shape index (κ3) is 4.31. The lowest BCUT2D eigenvalue weighted by Crippen LogP contribution is -2.26. The Balaban J connectivity index is 1.35. The molecule has 140 valence electrons. The van der Waals surface area contributed by atoms with Crippen LogP contribution in [0.3, 0.4) is 0 Å². The molecule has 0 radical (unpaired) electrons. The van der Waals surface area contributed by atoms with E-state index in [4.69, 9.17) is 0 Å². The molecule has 3 aromatic heterocycles. The fourth-order valence-corrected chi connectivity index (χ4v) is 3.21. The number of hydrogen-bond acceptors (Lipinski definition) is 4. The second-order valence-electron chi connectivity index (χ2n) is 7.04. The van der Waals surface area contributed by atoms with Gasteiger partial charge in [0.05, 0.1) is 24.0 Å². The van der Waals surface area contributed by atoms with Gasteiger partial charge in [-0.15, -0.1) is 0 Å². The lowest BCUT2D eigenvalue weighted by molar-refractivity contribution is 0.0949. The summed E-state index contributed by atoms with van der Waals surface area (Å²) in [6.45, 7) is 2.18. The third-order valence-electron chi connectivity index (χ3n) is 4.95. The number of nitrogens with one attached hydrogen (secondary N) is 2. The Morgan fingerprint density at radius 2 is 2.11 bits per heavy atom. The highest BCUT2D eigenvalue weighted by Gasteiger charge is 2.16. The fourth-order valence-electron chi connectivity index (χ4n) is 3.21.